The summed E-state index contributed by atoms with van der Waals surface area (Å²) in [5.74, 6) is -1.10. The van der Waals surface area contributed by atoms with Crippen LogP contribution in [0.4, 0.5) is 5.69 Å². The topological polar surface area (TPSA) is 117 Å². The number of rotatable bonds is 5. The Balaban J connectivity index is 2.02. The van der Waals surface area contributed by atoms with E-state index in [0.29, 0.717) is 11.4 Å². The van der Waals surface area contributed by atoms with E-state index in [9.17, 15) is 9.59 Å². The molecule has 8 nitrogen and oxygen atoms in total. The lowest BCUT2D eigenvalue weighted by atomic mass is 10.3. The lowest BCUT2D eigenvalue weighted by Crippen LogP contribution is -2.14. The SMILES string of the molecule is O=C(O)COc1cccc(NC(=O)c2ncn[nH]2)c1. The highest BCUT2D eigenvalue weighted by Crippen LogP contribution is 2.17. The number of carboxylic acids is 1. The molecule has 0 bridgehead atoms. The smallest absolute Gasteiger partial charge is 0.341 e. The van der Waals surface area contributed by atoms with Gasteiger partial charge in [-0.15, -0.1) is 0 Å². The van der Waals surface area contributed by atoms with Crippen LogP contribution in [0, 0.1) is 0 Å². The first-order valence-corrected chi connectivity index (χ1v) is 5.26. The number of aliphatic carboxylic acids is 1. The number of H-pyrrole nitrogens is 1. The molecule has 3 N–H and O–H groups in total. The van der Waals surface area contributed by atoms with E-state index >= 15 is 0 Å². The van der Waals surface area contributed by atoms with E-state index in [1.54, 1.807) is 18.2 Å². The number of carbonyl (C=O) groups excluding carboxylic acids is 1. The van der Waals surface area contributed by atoms with Crippen molar-refractivity contribution in [3.05, 3.63) is 36.4 Å². The first-order valence-electron chi connectivity index (χ1n) is 5.26. The molecule has 2 aromatic rings. The Bertz CT molecular complexity index is 582. The molecule has 1 aromatic carbocycles. The Morgan fingerprint density at radius 1 is 1.42 bits per heavy atom. The summed E-state index contributed by atoms with van der Waals surface area (Å²) in [7, 11) is 0. The number of benzene rings is 1. The van der Waals surface area contributed by atoms with E-state index in [1.165, 1.54) is 12.4 Å². The number of ether oxygens (including phenoxy) is 1. The van der Waals surface area contributed by atoms with E-state index in [0.717, 1.165) is 0 Å². The van der Waals surface area contributed by atoms with Gasteiger partial charge in [-0.05, 0) is 12.1 Å². The molecule has 0 atom stereocenters. The van der Waals surface area contributed by atoms with Gasteiger partial charge in [-0.1, -0.05) is 6.07 Å². The Kier molecular flexibility index (Phi) is 3.72. The minimum atomic E-state index is -1.07. The van der Waals surface area contributed by atoms with Crippen molar-refractivity contribution in [2.75, 3.05) is 11.9 Å². The molecule has 0 aliphatic heterocycles. The molecule has 0 radical (unpaired) electrons. The van der Waals surface area contributed by atoms with Gasteiger partial charge in [-0.25, -0.2) is 9.78 Å². The minimum absolute atomic E-state index is 0.0804. The largest absolute Gasteiger partial charge is 0.482 e. The van der Waals surface area contributed by atoms with E-state index in [-0.39, 0.29) is 5.82 Å². The fraction of sp³-hybridized carbons (Fsp3) is 0.0909. The van der Waals surface area contributed by atoms with Crippen molar-refractivity contribution in [2.45, 2.75) is 0 Å². The quantitative estimate of drug-likeness (QED) is 0.723. The molecule has 0 spiro atoms. The summed E-state index contributed by atoms with van der Waals surface area (Å²) in [6.07, 6.45) is 1.22. The van der Waals surface area contributed by atoms with Crippen molar-refractivity contribution in [3.8, 4) is 5.75 Å². The van der Waals surface area contributed by atoms with Gasteiger partial charge >= 0.3 is 5.97 Å². The Morgan fingerprint density at radius 2 is 2.26 bits per heavy atom. The summed E-state index contributed by atoms with van der Waals surface area (Å²) in [6, 6.07) is 6.37. The van der Waals surface area contributed by atoms with E-state index in [1.807, 2.05) is 0 Å². The molecule has 1 heterocycles. The van der Waals surface area contributed by atoms with Crippen LogP contribution in [0.1, 0.15) is 10.6 Å². The van der Waals surface area contributed by atoms with Crippen molar-refractivity contribution in [3.63, 3.8) is 0 Å². The highest BCUT2D eigenvalue weighted by Gasteiger charge is 2.09. The molecule has 19 heavy (non-hydrogen) atoms. The van der Waals surface area contributed by atoms with Crippen LogP contribution in [0.3, 0.4) is 0 Å². The molecule has 0 saturated heterocycles. The van der Waals surface area contributed by atoms with Gasteiger partial charge in [0.2, 0.25) is 5.82 Å². The second-order valence-electron chi connectivity index (χ2n) is 3.50. The number of carboxylic acid groups (broad SMARTS) is 1. The molecular weight excluding hydrogens is 252 g/mol. The maximum atomic E-state index is 11.7. The van der Waals surface area contributed by atoms with Crippen molar-refractivity contribution >= 4 is 17.6 Å². The molecule has 98 valence electrons. The molecule has 1 amide bonds. The molecule has 8 heteroatoms. The van der Waals surface area contributed by atoms with E-state index < -0.39 is 18.5 Å². The predicted octanol–water partition coefficient (Wildman–Crippen LogP) is 0.520. The zero-order valence-electron chi connectivity index (χ0n) is 9.66. The number of amides is 1. The summed E-state index contributed by atoms with van der Waals surface area (Å²) >= 11 is 0. The summed E-state index contributed by atoms with van der Waals surface area (Å²) in [6.45, 7) is -0.445. The zero-order valence-corrected chi connectivity index (χ0v) is 9.66. The molecule has 0 unspecified atom stereocenters. The molecule has 1 aromatic heterocycles. The normalized spacial score (nSPS) is 9.89. The molecular formula is C11H10N4O4. The van der Waals surface area contributed by atoms with Crippen molar-refractivity contribution in [1.29, 1.82) is 0 Å². The highest BCUT2D eigenvalue weighted by molar-refractivity contribution is 6.01. The Labute approximate surface area is 107 Å². The van der Waals surface area contributed by atoms with Crippen LogP contribution >= 0.6 is 0 Å². The number of nitrogens with one attached hydrogen (secondary N) is 2. The van der Waals surface area contributed by atoms with Gasteiger partial charge in [0.05, 0.1) is 0 Å². The second-order valence-corrected chi connectivity index (χ2v) is 3.50. The maximum Gasteiger partial charge on any atom is 0.341 e. The fourth-order valence-electron chi connectivity index (χ4n) is 1.31. The number of aromatic amines is 1. The van der Waals surface area contributed by atoms with Gasteiger partial charge < -0.3 is 15.2 Å². The summed E-state index contributed by atoms with van der Waals surface area (Å²) in [4.78, 5) is 25.8. The van der Waals surface area contributed by atoms with E-state index in [2.05, 4.69) is 20.5 Å². The van der Waals surface area contributed by atoms with Gasteiger partial charge in [-0.3, -0.25) is 9.89 Å². The Morgan fingerprint density at radius 3 is 2.95 bits per heavy atom. The molecule has 0 aliphatic rings. The number of anilines is 1. The van der Waals surface area contributed by atoms with E-state index in [4.69, 9.17) is 9.84 Å². The van der Waals surface area contributed by atoms with Gasteiger partial charge in [0.1, 0.15) is 12.1 Å². The first kappa shape index (κ1) is 12.6. The third kappa shape index (κ3) is 3.53. The standard InChI is InChI=1S/C11H10N4O4/c16-9(17)5-19-8-3-1-2-7(4-8)14-11(18)10-12-6-13-15-10/h1-4,6H,5H2,(H,14,18)(H,16,17)(H,12,13,15). The van der Waals surface area contributed by atoms with Gasteiger partial charge in [-0.2, -0.15) is 5.10 Å². The average Bonchev–Trinajstić information content (AvgIpc) is 2.91. The van der Waals surface area contributed by atoms with Crippen LogP contribution in [0.25, 0.3) is 0 Å². The molecule has 0 fully saturated rings. The van der Waals surface area contributed by atoms with Crippen LogP contribution in [0.15, 0.2) is 30.6 Å². The highest BCUT2D eigenvalue weighted by atomic mass is 16.5. The molecule has 0 saturated carbocycles. The maximum absolute atomic E-state index is 11.7. The van der Waals surface area contributed by atoms with Gasteiger partial charge in [0.15, 0.2) is 6.61 Å². The third-order valence-electron chi connectivity index (χ3n) is 2.08. The zero-order chi connectivity index (χ0) is 13.7. The van der Waals surface area contributed by atoms with Crippen LogP contribution < -0.4 is 10.1 Å². The van der Waals surface area contributed by atoms with Crippen molar-refractivity contribution < 1.29 is 19.4 Å². The number of hydrogen-bond donors (Lipinski definition) is 3. The number of hydrogen-bond acceptors (Lipinski definition) is 5. The molecule has 0 aliphatic carbocycles. The lowest BCUT2D eigenvalue weighted by molar-refractivity contribution is -0.139. The van der Waals surface area contributed by atoms with Crippen LogP contribution in [0.5, 0.6) is 5.75 Å². The lowest BCUT2D eigenvalue weighted by Gasteiger charge is -2.06. The van der Waals surface area contributed by atoms with Crippen molar-refractivity contribution in [1.82, 2.24) is 15.2 Å². The summed E-state index contributed by atoms with van der Waals surface area (Å²) in [5, 5.41) is 17.1. The number of nitrogens with zero attached hydrogens (tertiary/aromatic N) is 2. The third-order valence-corrected chi connectivity index (χ3v) is 2.08. The minimum Gasteiger partial charge on any atom is -0.482 e. The fourth-order valence-corrected chi connectivity index (χ4v) is 1.31. The summed E-state index contributed by atoms with van der Waals surface area (Å²) < 4.78 is 4.99. The number of carbonyl (C=O) groups is 2. The second kappa shape index (κ2) is 5.63. The van der Waals surface area contributed by atoms with Crippen LogP contribution in [-0.2, 0) is 4.79 Å². The van der Waals surface area contributed by atoms with Crippen molar-refractivity contribution in [2.24, 2.45) is 0 Å². The molecule has 2 rings (SSSR count). The predicted molar refractivity (Wildman–Crippen MR) is 63.9 cm³/mol. The average molecular weight is 262 g/mol. The van der Waals surface area contributed by atoms with Gasteiger partial charge in [0, 0.05) is 11.8 Å². The van der Waals surface area contributed by atoms with Gasteiger partial charge in [0.25, 0.3) is 5.91 Å². The first-order chi connectivity index (χ1) is 9.15. The summed E-state index contributed by atoms with van der Waals surface area (Å²) in [5.41, 5.74) is 0.462. The monoisotopic (exact) mass is 262 g/mol. The Hall–Kier alpha value is -2.90. The van der Waals surface area contributed by atoms with Crippen LogP contribution in [0.2, 0.25) is 0 Å². The van der Waals surface area contributed by atoms with Crippen LogP contribution in [-0.4, -0.2) is 38.8 Å². The number of aromatic nitrogens is 3.